The minimum absolute atomic E-state index is 0.215. The molecule has 0 aromatic heterocycles. The predicted molar refractivity (Wildman–Crippen MR) is 90.4 cm³/mol. The second kappa shape index (κ2) is 15.5. The molecule has 3 N–H and O–H groups in total. The van der Waals surface area contributed by atoms with E-state index in [1.807, 2.05) is 6.08 Å². The Hall–Kier alpha value is -1.36. The van der Waals surface area contributed by atoms with Crippen LogP contribution in [-0.2, 0) is 9.59 Å². The number of hydrogen-bond acceptors (Lipinski definition) is 3. The average molecular weight is 328 g/mol. The molecular formula is C18H32O5. The van der Waals surface area contributed by atoms with Crippen molar-refractivity contribution in [2.75, 3.05) is 0 Å². The van der Waals surface area contributed by atoms with E-state index in [4.69, 9.17) is 10.2 Å². The fourth-order valence-corrected chi connectivity index (χ4v) is 2.39. The van der Waals surface area contributed by atoms with Gasteiger partial charge in [-0.15, -0.1) is 0 Å². The lowest BCUT2D eigenvalue weighted by Crippen LogP contribution is -2.04. The van der Waals surface area contributed by atoms with Crippen LogP contribution in [-0.4, -0.2) is 33.4 Å². The third kappa shape index (κ3) is 18.6. The predicted octanol–water partition coefficient (Wildman–Crippen LogP) is 4.14. The summed E-state index contributed by atoms with van der Waals surface area (Å²) >= 11 is 0. The molecule has 0 saturated heterocycles. The molecule has 0 rings (SSSR count). The van der Waals surface area contributed by atoms with Gasteiger partial charge >= 0.3 is 11.9 Å². The van der Waals surface area contributed by atoms with E-state index in [2.05, 4.69) is 6.08 Å². The molecule has 0 aliphatic carbocycles. The van der Waals surface area contributed by atoms with Crippen molar-refractivity contribution >= 4 is 11.9 Å². The lowest BCUT2D eigenvalue weighted by molar-refractivity contribution is -0.138. The summed E-state index contributed by atoms with van der Waals surface area (Å²) in [6.45, 7) is 0. The molecule has 5 heteroatoms. The molecule has 0 aromatic rings. The van der Waals surface area contributed by atoms with Crippen LogP contribution in [0.4, 0.5) is 0 Å². The maximum Gasteiger partial charge on any atom is 0.303 e. The summed E-state index contributed by atoms with van der Waals surface area (Å²) in [4.78, 5) is 20.7. The molecule has 23 heavy (non-hydrogen) atoms. The van der Waals surface area contributed by atoms with Gasteiger partial charge in [0.15, 0.2) is 0 Å². The molecule has 1 atom stereocenters. The Morgan fingerprint density at radius 2 is 1.26 bits per heavy atom. The number of carboxylic acids is 2. The normalized spacial score (nSPS) is 12.6. The summed E-state index contributed by atoms with van der Waals surface area (Å²) in [5.74, 6) is -1.47. The first-order valence-corrected chi connectivity index (χ1v) is 8.79. The largest absolute Gasteiger partial charge is 0.481 e. The summed E-state index contributed by atoms with van der Waals surface area (Å²) in [6, 6.07) is 0. The van der Waals surface area contributed by atoms with Crippen molar-refractivity contribution < 1.29 is 24.9 Å². The topological polar surface area (TPSA) is 94.8 Å². The molecule has 0 radical (unpaired) electrons. The number of rotatable bonds is 16. The van der Waals surface area contributed by atoms with Crippen LogP contribution in [0.5, 0.6) is 0 Å². The van der Waals surface area contributed by atoms with Gasteiger partial charge in [-0.05, 0) is 38.5 Å². The minimum Gasteiger partial charge on any atom is -0.481 e. The molecule has 0 aliphatic heterocycles. The van der Waals surface area contributed by atoms with E-state index in [9.17, 15) is 14.7 Å². The van der Waals surface area contributed by atoms with Crippen LogP contribution >= 0.6 is 0 Å². The number of unbranched alkanes of at least 4 members (excludes halogenated alkanes) is 7. The number of carbonyl (C=O) groups is 2. The van der Waals surface area contributed by atoms with Crippen LogP contribution < -0.4 is 0 Å². The van der Waals surface area contributed by atoms with Gasteiger partial charge in [0, 0.05) is 12.8 Å². The van der Waals surface area contributed by atoms with Gasteiger partial charge in [0.05, 0.1) is 6.10 Å². The van der Waals surface area contributed by atoms with E-state index in [0.29, 0.717) is 12.8 Å². The van der Waals surface area contributed by atoms with Crippen LogP contribution in [0.1, 0.15) is 83.5 Å². The quantitative estimate of drug-likeness (QED) is 0.292. The maximum absolute atomic E-state index is 10.3. The molecule has 0 saturated carbocycles. The zero-order chi connectivity index (χ0) is 17.3. The number of aliphatic hydroxyl groups excluding tert-OH is 1. The Kier molecular flexibility index (Phi) is 14.6. The van der Waals surface area contributed by atoms with Crippen LogP contribution in [0.3, 0.4) is 0 Å². The Labute approximate surface area is 139 Å². The summed E-state index contributed by atoms with van der Waals surface area (Å²) in [5.41, 5.74) is 0. The van der Waals surface area contributed by atoms with Crippen LogP contribution in [0, 0.1) is 0 Å². The smallest absolute Gasteiger partial charge is 0.303 e. The highest BCUT2D eigenvalue weighted by Gasteiger charge is 2.02. The highest BCUT2D eigenvalue weighted by molar-refractivity contribution is 5.66. The maximum atomic E-state index is 10.3. The first-order valence-electron chi connectivity index (χ1n) is 8.79. The molecule has 0 amide bonds. The first-order chi connectivity index (χ1) is 11.0. The Morgan fingerprint density at radius 3 is 1.87 bits per heavy atom. The van der Waals surface area contributed by atoms with Crippen LogP contribution in [0.15, 0.2) is 12.2 Å². The van der Waals surface area contributed by atoms with Gasteiger partial charge in [0.25, 0.3) is 0 Å². The van der Waals surface area contributed by atoms with Crippen molar-refractivity contribution in [3.8, 4) is 0 Å². The van der Waals surface area contributed by atoms with E-state index < -0.39 is 11.9 Å². The summed E-state index contributed by atoms with van der Waals surface area (Å²) < 4.78 is 0. The fraction of sp³-hybridized carbons (Fsp3) is 0.778. The third-order valence-corrected chi connectivity index (χ3v) is 3.76. The van der Waals surface area contributed by atoms with Gasteiger partial charge < -0.3 is 15.3 Å². The number of carboxylic acid groups (broad SMARTS) is 2. The summed E-state index contributed by atoms with van der Waals surface area (Å²) in [7, 11) is 0. The van der Waals surface area contributed by atoms with Crippen molar-refractivity contribution in [3.63, 3.8) is 0 Å². The van der Waals surface area contributed by atoms with Gasteiger partial charge in [-0.3, -0.25) is 9.59 Å². The molecule has 1 unspecified atom stereocenters. The highest BCUT2D eigenvalue weighted by Crippen LogP contribution is 2.10. The monoisotopic (exact) mass is 328 g/mol. The molecule has 0 aliphatic rings. The van der Waals surface area contributed by atoms with E-state index in [1.165, 1.54) is 0 Å². The number of aliphatic carboxylic acids is 2. The molecule has 0 bridgehead atoms. The lowest BCUT2D eigenvalue weighted by atomic mass is 10.1. The second-order valence-corrected chi connectivity index (χ2v) is 6.05. The molecule has 0 spiro atoms. The standard InChI is InChI=1S/C18H32O5/c19-16(13-9-7-11-15-18(22)23)12-8-5-3-1-2-4-6-10-14-17(20)21/h5,8,16,19H,1-4,6-7,9-15H2,(H,20,21)(H,22,23)/b8-5+. The van der Waals surface area contributed by atoms with Gasteiger partial charge in [-0.2, -0.15) is 0 Å². The summed E-state index contributed by atoms with van der Waals surface area (Å²) in [6.07, 6.45) is 14.2. The van der Waals surface area contributed by atoms with E-state index in [-0.39, 0.29) is 18.9 Å². The number of hydrogen-bond donors (Lipinski definition) is 3. The third-order valence-electron chi connectivity index (χ3n) is 3.76. The van der Waals surface area contributed by atoms with Crippen molar-refractivity contribution in [2.24, 2.45) is 0 Å². The van der Waals surface area contributed by atoms with Crippen LogP contribution in [0.2, 0.25) is 0 Å². The van der Waals surface area contributed by atoms with Crippen LogP contribution in [0.25, 0.3) is 0 Å². The lowest BCUT2D eigenvalue weighted by Gasteiger charge is -2.07. The molecule has 5 nitrogen and oxygen atoms in total. The van der Waals surface area contributed by atoms with Crippen molar-refractivity contribution in [1.82, 2.24) is 0 Å². The molecular weight excluding hydrogens is 296 g/mol. The average Bonchev–Trinajstić information content (AvgIpc) is 2.48. The highest BCUT2D eigenvalue weighted by atomic mass is 16.4. The molecule has 0 aromatic carbocycles. The van der Waals surface area contributed by atoms with Crippen molar-refractivity contribution in [3.05, 3.63) is 12.2 Å². The molecule has 0 fully saturated rings. The SMILES string of the molecule is O=C(O)CCCCCCC/C=C/CC(O)CCCCCC(=O)O. The van der Waals surface area contributed by atoms with Crippen molar-refractivity contribution in [2.45, 2.75) is 89.6 Å². The van der Waals surface area contributed by atoms with Crippen molar-refractivity contribution in [1.29, 1.82) is 0 Å². The Balaban J connectivity index is 3.31. The summed E-state index contributed by atoms with van der Waals surface area (Å²) in [5, 5.41) is 26.8. The van der Waals surface area contributed by atoms with E-state index in [0.717, 1.165) is 57.8 Å². The zero-order valence-electron chi connectivity index (χ0n) is 14.1. The Bertz CT molecular complexity index is 338. The first kappa shape index (κ1) is 21.6. The number of aliphatic hydroxyl groups is 1. The number of allylic oxidation sites excluding steroid dienone is 1. The zero-order valence-corrected chi connectivity index (χ0v) is 14.1. The van der Waals surface area contributed by atoms with Gasteiger partial charge in [-0.1, -0.05) is 44.3 Å². The molecule has 134 valence electrons. The van der Waals surface area contributed by atoms with Gasteiger partial charge in [0.2, 0.25) is 0 Å². The molecule has 0 heterocycles. The second-order valence-electron chi connectivity index (χ2n) is 6.05. The van der Waals surface area contributed by atoms with E-state index >= 15 is 0 Å². The minimum atomic E-state index is -0.754. The Morgan fingerprint density at radius 1 is 0.739 bits per heavy atom. The van der Waals surface area contributed by atoms with E-state index in [1.54, 1.807) is 0 Å². The van der Waals surface area contributed by atoms with Gasteiger partial charge in [0.1, 0.15) is 0 Å². The van der Waals surface area contributed by atoms with Gasteiger partial charge in [-0.25, -0.2) is 0 Å². The fourth-order valence-electron chi connectivity index (χ4n) is 2.39.